The van der Waals surface area contributed by atoms with Crippen LogP contribution in [-0.2, 0) is 0 Å². The summed E-state index contributed by atoms with van der Waals surface area (Å²) in [6, 6.07) is 4.20. The molecule has 1 aromatic rings. The predicted octanol–water partition coefficient (Wildman–Crippen LogP) is 3.28. The second-order valence-corrected chi connectivity index (χ2v) is 5.77. The molecule has 5 nitrogen and oxygen atoms in total. The van der Waals surface area contributed by atoms with E-state index < -0.39 is 0 Å². The molecule has 2 rings (SSSR count). The van der Waals surface area contributed by atoms with E-state index in [1.807, 2.05) is 12.1 Å². The Bertz CT molecular complexity index is 511. The molecule has 22 heavy (non-hydrogen) atoms. The molecule has 1 N–H and O–H groups in total. The van der Waals surface area contributed by atoms with E-state index in [9.17, 15) is 0 Å². The zero-order valence-electron chi connectivity index (χ0n) is 13.6. The molecule has 0 aliphatic carbocycles. The maximum absolute atomic E-state index is 5.56. The first kappa shape index (κ1) is 16.7. The number of methoxy groups -OCH3 is 3. The molecule has 1 aromatic carbocycles. The van der Waals surface area contributed by atoms with Crippen molar-refractivity contribution in [2.45, 2.75) is 32.2 Å². The van der Waals surface area contributed by atoms with Gasteiger partial charge in [0.15, 0.2) is 16.6 Å². The van der Waals surface area contributed by atoms with Gasteiger partial charge in [0.2, 0.25) is 5.75 Å². The number of ether oxygens (including phenoxy) is 3. The Kier molecular flexibility index (Phi) is 5.71. The van der Waals surface area contributed by atoms with Gasteiger partial charge in [-0.1, -0.05) is 0 Å². The van der Waals surface area contributed by atoms with Gasteiger partial charge < -0.3 is 24.4 Å². The first-order valence-corrected chi connectivity index (χ1v) is 7.89. The fraction of sp³-hybridized carbons (Fsp3) is 0.562. The molecule has 1 atom stereocenters. The number of thiocarbonyl (C=S) groups is 1. The van der Waals surface area contributed by atoms with E-state index >= 15 is 0 Å². The van der Waals surface area contributed by atoms with Gasteiger partial charge in [-0.25, -0.2) is 0 Å². The Morgan fingerprint density at radius 2 is 1.77 bits per heavy atom. The Labute approximate surface area is 137 Å². The summed E-state index contributed by atoms with van der Waals surface area (Å²) in [5, 5.41) is 4.02. The summed E-state index contributed by atoms with van der Waals surface area (Å²) >= 11 is 5.56. The highest BCUT2D eigenvalue weighted by Crippen LogP contribution is 2.40. The smallest absolute Gasteiger partial charge is 0.203 e. The van der Waals surface area contributed by atoms with E-state index in [-0.39, 0.29) is 0 Å². The number of hydrogen-bond donors (Lipinski definition) is 1. The van der Waals surface area contributed by atoms with E-state index in [0.717, 1.165) is 17.3 Å². The van der Waals surface area contributed by atoms with E-state index in [4.69, 9.17) is 26.4 Å². The number of anilines is 1. The molecule has 6 heteroatoms. The van der Waals surface area contributed by atoms with Crippen LogP contribution in [0.3, 0.4) is 0 Å². The van der Waals surface area contributed by atoms with Crippen molar-refractivity contribution in [2.75, 3.05) is 33.2 Å². The zero-order chi connectivity index (χ0) is 16.1. The molecule has 1 aliphatic rings. The minimum absolute atomic E-state index is 0.468. The number of benzene rings is 1. The number of hydrogen-bond acceptors (Lipinski definition) is 4. The summed E-state index contributed by atoms with van der Waals surface area (Å²) in [5.41, 5.74) is 0.831. The summed E-state index contributed by atoms with van der Waals surface area (Å²) in [4.78, 5) is 2.24. The lowest BCUT2D eigenvalue weighted by Gasteiger charge is -2.35. The Hall–Kier alpha value is -1.69. The molecule has 1 heterocycles. The monoisotopic (exact) mass is 324 g/mol. The van der Waals surface area contributed by atoms with Crippen LogP contribution in [0.4, 0.5) is 5.69 Å². The second kappa shape index (κ2) is 7.54. The van der Waals surface area contributed by atoms with Gasteiger partial charge in [-0.05, 0) is 38.4 Å². The van der Waals surface area contributed by atoms with Crippen LogP contribution < -0.4 is 19.5 Å². The molecule has 1 aliphatic heterocycles. The molecule has 0 amide bonds. The first-order valence-electron chi connectivity index (χ1n) is 7.48. The normalized spacial score (nSPS) is 17.8. The van der Waals surface area contributed by atoms with Crippen molar-refractivity contribution in [1.82, 2.24) is 4.90 Å². The fourth-order valence-electron chi connectivity index (χ4n) is 2.75. The van der Waals surface area contributed by atoms with E-state index in [1.54, 1.807) is 21.3 Å². The van der Waals surface area contributed by atoms with Gasteiger partial charge in [0, 0.05) is 30.4 Å². The number of nitrogens with zero attached hydrogens (tertiary/aromatic N) is 1. The van der Waals surface area contributed by atoms with Crippen LogP contribution in [0.1, 0.15) is 26.2 Å². The third-order valence-electron chi connectivity index (χ3n) is 3.98. The van der Waals surface area contributed by atoms with Gasteiger partial charge in [0.1, 0.15) is 0 Å². The van der Waals surface area contributed by atoms with Crippen molar-refractivity contribution in [3.63, 3.8) is 0 Å². The third kappa shape index (κ3) is 3.55. The lowest BCUT2D eigenvalue weighted by atomic mass is 10.0. The molecule has 0 radical (unpaired) electrons. The van der Waals surface area contributed by atoms with Crippen LogP contribution in [0.2, 0.25) is 0 Å². The van der Waals surface area contributed by atoms with Crippen LogP contribution in [-0.4, -0.2) is 43.9 Å². The van der Waals surface area contributed by atoms with Crippen molar-refractivity contribution >= 4 is 23.0 Å². The standard InChI is InChI=1S/C16H24N2O3S/c1-11-7-5-6-8-18(11)16(22)17-12-9-13(19-2)15(21-4)14(10-12)20-3/h9-11H,5-8H2,1-4H3,(H,17,22)/t11-/m1/s1. The molecule has 1 fully saturated rings. The molecule has 1 saturated heterocycles. The van der Waals surface area contributed by atoms with Gasteiger partial charge in [-0.15, -0.1) is 0 Å². The molecular formula is C16H24N2O3S. The van der Waals surface area contributed by atoms with Crippen LogP contribution in [0.5, 0.6) is 17.2 Å². The largest absolute Gasteiger partial charge is 0.493 e. The van der Waals surface area contributed by atoms with Crippen LogP contribution >= 0.6 is 12.2 Å². The highest BCUT2D eigenvalue weighted by atomic mass is 32.1. The zero-order valence-corrected chi connectivity index (χ0v) is 14.5. The Morgan fingerprint density at radius 1 is 1.14 bits per heavy atom. The van der Waals surface area contributed by atoms with Gasteiger partial charge in [-0.3, -0.25) is 0 Å². The summed E-state index contributed by atoms with van der Waals surface area (Å²) in [5.74, 6) is 1.80. The Balaban J connectivity index is 2.20. The van der Waals surface area contributed by atoms with Crippen molar-refractivity contribution < 1.29 is 14.2 Å². The number of rotatable bonds is 4. The highest BCUT2D eigenvalue weighted by Gasteiger charge is 2.21. The van der Waals surface area contributed by atoms with Gasteiger partial charge in [-0.2, -0.15) is 0 Å². The molecule has 0 bridgehead atoms. The minimum Gasteiger partial charge on any atom is -0.493 e. The van der Waals surface area contributed by atoms with Gasteiger partial charge in [0.25, 0.3) is 0 Å². The molecule has 122 valence electrons. The van der Waals surface area contributed by atoms with Crippen molar-refractivity contribution in [3.05, 3.63) is 12.1 Å². The summed E-state index contributed by atoms with van der Waals surface area (Å²) < 4.78 is 16.1. The van der Waals surface area contributed by atoms with Crippen molar-refractivity contribution in [2.24, 2.45) is 0 Å². The fourth-order valence-corrected chi connectivity index (χ4v) is 3.14. The van der Waals surface area contributed by atoms with Crippen LogP contribution in [0.15, 0.2) is 12.1 Å². The molecule has 0 saturated carbocycles. The molecular weight excluding hydrogens is 300 g/mol. The van der Waals surface area contributed by atoms with Gasteiger partial charge >= 0.3 is 0 Å². The topological polar surface area (TPSA) is 43.0 Å². The highest BCUT2D eigenvalue weighted by molar-refractivity contribution is 7.80. The van der Waals surface area contributed by atoms with Gasteiger partial charge in [0.05, 0.1) is 21.3 Å². The SMILES string of the molecule is COc1cc(NC(=S)N2CCCC[C@H]2C)cc(OC)c1OC. The lowest BCUT2D eigenvalue weighted by Crippen LogP contribution is -2.44. The maximum Gasteiger partial charge on any atom is 0.203 e. The first-order chi connectivity index (χ1) is 10.6. The van der Waals surface area contributed by atoms with Crippen LogP contribution in [0, 0.1) is 0 Å². The summed E-state index contributed by atoms with van der Waals surface area (Å²) in [7, 11) is 4.80. The second-order valence-electron chi connectivity index (χ2n) is 5.38. The predicted molar refractivity (Wildman–Crippen MR) is 92.3 cm³/mol. The molecule has 0 spiro atoms. The average molecular weight is 324 g/mol. The summed E-state index contributed by atoms with van der Waals surface area (Å²) in [6.07, 6.45) is 3.63. The number of nitrogens with one attached hydrogen (secondary N) is 1. The van der Waals surface area contributed by atoms with E-state index in [0.29, 0.717) is 23.3 Å². The summed E-state index contributed by atoms with van der Waals surface area (Å²) in [6.45, 7) is 3.21. The number of piperidine rings is 1. The third-order valence-corrected chi connectivity index (χ3v) is 4.32. The van der Waals surface area contributed by atoms with Crippen molar-refractivity contribution in [3.8, 4) is 17.2 Å². The van der Waals surface area contributed by atoms with Crippen LogP contribution in [0.25, 0.3) is 0 Å². The molecule has 0 unspecified atom stereocenters. The van der Waals surface area contributed by atoms with E-state index in [1.165, 1.54) is 19.3 Å². The minimum atomic E-state index is 0.468. The molecule has 0 aromatic heterocycles. The lowest BCUT2D eigenvalue weighted by molar-refractivity contribution is 0.262. The number of likely N-dealkylation sites (tertiary alicyclic amines) is 1. The van der Waals surface area contributed by atoms with E-state index in [2.05, 4.69) is 17.1 Å². The van der Waals surface area contributed by atoms with Crippen molar-refractivity contribution in [1.29, 1.82) is 0 Å². The quantitative estimate of drug-likeness (QED) is 0.858. The average Bonchev–Trinajstić information content (AvgIpc) is 2.54. The Morgan fingerprint density at radius 3 is 2.27 bits per heavy atom. The maximum atomic E-state index is 5.56.